The molecule has 0 saturated carbocycles. The van der Waals surface area contributed by atoms with Gasteiger partial charge in [-0.25, -0.2) is 0 Å². The van der Waals surface area contributed by atoms with E-state index in [1.807, 2.05) is 13.8 Å². The van der Waals surface area contributed by atoms with Crippen LogP contribution in [-0.2, 0) is 9.59 Å². The lowest BCUT2D eigenvalue weighted by molar-refractivity contribution is -0.130. The lowest BCUT2D eigenvalue weighted by atomic mass is 9.87. The van der Waals surface area contributed by atoms with E-state index in [1.165, 1.54) is 5.56 Å². The number of rotatable bonds is 25. The standard InChI is InChI=1S/C44H68N4O3/c1-6-7-8-9-10-11-12-13-14-15-16-17-18-19-20-21-22-23-24-26-42(49)46-36-40(48-32-30-45-31-33-48)37-47-43(50)44(4,5)29-25-34-51-41-35-38(2)27-28-39(41)3/h7-8,10-11,13-14,16-17,19-20,22-23,27-28,35,40,45H,6,9,12,15,18,21,24-26,29-34,36-37H2,1-5H3,(H,46,49)(H,47,50). The summed E-state index contributed by atoms with van der Waals surface area (Å²) >= 11 is 0. The zero-order valence-electron chi connectivity index (χ0n) is 32.4. The molecule has 0 aliphatic carbocycles. The maximum atomic E-state index is 13.3. The van der Waals surface area contributed by atoms with Crippen molar-refractivity contribution in [2.24, 2.45) is 5.41 Å². The number of amides is 2. The topological polar surface area (TPSA) is 82.7 Å². The molecular formula is C44H68N4O3. The van der Waals surface area contributed by atoms with Gasteiger partial charge in [-0.3, -0.25) is 14.5 Å². The van der Waals surface area contributed by atoms with Crippen molar-refractivity contribution >= 4 is 11.8 Å². The van der Waals surface area contributed by atoms with Crippen LogP contribution >= 0.6 is 0 Å². The highest BCUT2D eigenvalue weighted by molar-refractivity contribution is 5.81. The zero-order valence-corrected chi connectivity index (χ0v) is 32.4. The predicted octanol–water partition coefficient (Wildman–Crippen LogP) is 8.47. The molecule has 0 radical (unpaired) electrons. The maximum absolute atomic E-state index is 13.3. The molecule has 282 valence electrons. The van der Waals surface area contributed by atoms with Crippen LogP contribution in [0.4, 0.5) is 0 Å². The molecule has 1 heterocycles. The fourth-order valence-corrected chi connectivity index (χ4v) is 5.67. The summed E-state index contributed by atoms with van der Waals surface area (Å²) in [5.74, 6) is 0.999. The van der Waals surface area contributed by atoms with Gasteiger partial charge in [-0.05, 0) is 88.8 Å². The van der Waals surface area contributed by atoms with Crippen LogP contribution in [0.3, 0.4) is 0 Å². The van der Waals surface area contributed by atoms with Crippen LogP contribution in [0.5, 0.6) is 5.75 Å². The van der Waals surface area contributed by atoms with Crippen LogP contribution in [0, 0.1) is 19.3 Å². The molecule has 7 heteroatoms. The second kappa shape index (κ2) is 27.0. The number of hydrogen-bond donors (Lipinski definition) is 3. The van der Waals surface area contributed by atoms with Gasteiger partial charge in [-0.1, -0.05) is 106 Å². The second-order valence-electron chi connectivity index (χ2n) is 14.0. The highest BCUT2D eigenvalue weighted by atomic mass is 16.5. The number of hydrogen-bond acceptors (Lipinski definition) is 5. The Kier molecular flexibility index (Phi) is 23.1. The number of nitrogens with one attached hydrogen (secondary N) is 3. The summed E-state index contributed by atoms with van der Waals surface area (Å²) in [5, 5.41) is 9.73. The van der Waals surface area contributed by atoms with Crippen LogP contribution in [0.15, 0.2) is 91.1 Å². The summed E-state index contributed by atoms with van der Waals surface area (Å²) in [6, 6.07) is 6.27. The molecule has 1 atom stereocenters. The molecule has 1 aromatic rings. The number of carbonyl (C=O) groups is 2. The average molecular weight is 701 g/mol. The monoisotopic (exact) mass is 701 g/mol. The van der Waals surface area contributed by atoms with Gasteiger partial charge < -0.3 is 20.7 Å². The van der Waals surface area contributed by atoms with Crippen molar-refractivity contribution in [1.82, 2.24) is 20.9 Å². The first-order chi connectivity index (χ1) is 24.7. The third kappa shape index (κ3) is 20.7. The number of allylic oxidation sites excluding steroid dienone is 12. The molecular weight excluding hydrogens is 633 g/mol. The van der Waals surface area contributed by atoms with Gasteiger partial charge in [-0.15, -0.1) is 0 Å². The summed E-state index contributed by atoms with van der Waals surface area (Å²) in [6.07, 6.45) is 34.8. The number of piperazine rings is 1. The van der Waals surface area contributed by atoms with Crippen molar-refractivity contribution in [2.45, 2.75) is 105 Å². The molecule has 0 spiro atoms. The van der Waals surface area contributed by atoms with Gasteiger partial charge in [0.1, 0.15) is 5.75 Å². The molecule has 7 nitrogen and oxygen atoms in total. The average Bonchev–Trinajstić information content (AvgIpc) is 3.12. The minimum Gasteiger partial charge on any atom is -0.493 e. The van der Waals surface area contributed by atoms with Crippen LogP contribution < -0.4 is 20.7 Å². The third-order valence-corrected chi connectivity index (χ3v) is 9.00. The van der Waals surface area contributed by atoms with E-state index in [2.05, 4.69) is 133 Å². The number of carbonyl (C=O) groups excluding carboxylic acids is 2. The molecule has 51 heavy (non-hydrogen) atoms. The Morgan fingerprint density at radius 2 is 1.37 bits per heavy atom. The Morgan fingerprint density at radius 1 is 0.824 bits per heavy atom. The van der Waals surface area contributed by atoms with Crippen LogP contribution in [0.2, 0.25) is 0 Å². The van der Waals surface area contributed by atoms with Crippen molar-refractivity contribution in [3.63, 3.8) is 0 Å². The Morgan fingerprint density at radius 3 is 1.96 bits per heavy atom. The molecule has 1 aromatic carbocycles. The minimum atomic E-state index is -0.513. The molecule has 1 fully saturated rings. The van der Waals surface area contributed by atoms with Gasteiger partial charge in [0.05, 0.1) is 6.61 Å². The van der Waals surface area contributed by atoms with Crippen molar-refractivity contribution in [1.29, 1.82) is 0 Å². The van der Waals surface area contributed by atoms with Crippen LogP contribution in [-0.4, -0.2) is 68.6 Å². The Balaban J connectivity index is 1.64. The Labute approximate surface area is 310 Å². The van der Waals surface area contributed by atoms with E-state index in [-0.39, 0.29) is 17.9 Å². The van der Waals surface area contributed by atoms with E-state index in [1.54, 1.807) is 0 Å². The summed E-state index contributed by atoms with van der Waals surface area (Å²) in [7, 11) is 0. The van der Waals surface area contributed by atoms with Crippen molar-refractivity contribution < 1.29 is 14.3 Å². The van der Waals surface area contributed by atoms with Crippen molar-refractivity contribution in [2.75, 3.05) is 45.9 Å². The zero-order chi connectivity index (χ0) is 37.0. The molecule has 0 bridgehead atoms. The molecule has 1 saturated heterocycles. The van der Waals surface area contributed by atoms with Gasteiger partial charge in [0.25, 0.3) is 0 Å². The third-order valence-electron chi connectivity index (χ3n) is 9.00. The fraction of sp³-hybridized carbons (Fsp3) is 0.545. The summed E-state index contributed by atoms with van der Waals surface area (Å²) in [6.45, 7) is 15.5. The Hall–Kier alpha value is -3.68. The van der Waals surface area contributed by atoms with Gasteiger partial charge >= 0.3 is 0 Å². The highest BCUT2D eigenvalue weighted by Gasteiger charge is 2.29. The second-order valence-corrected chi connectivity index (χ2v) is 14.0. The van der Waals surface area contributed by atoms with Gasteiger partial charge in [0.2, 0.25) is 11.8 Å². The van der Waals surface area contributed by atoms with E-state index in [0.29, 0.717) is 32.5 Å². The number of aryl methyl sites for hydroxylation is 2. The molecule has 3 N–H and O–H groups in total. The molecule has 0 aromatic heterocycles. The van der Waals surface area contributed by atoms with Crippen LogP contribution in [0.25, 0.3) is 0 Å². The van der Waals surface area contributed by atoms with Crippen molar-refractivity contribution in [3.8, 4) is 5.75 Å². The Bertz CT molecular complexity index is 1300. The first kappa shape index (κ1) is 43.5. The van der Waals surface area contributed by atoms with E-state index >= 15 is 0 Å². The lowest BCUT2D eigenvalue weighted by Crippen LogP contribution is -2.56. The predicted molar refractivity (Wildman–Crippen MR) is 216 cm³/mol. The fourth-order valence-electron chi connectivity index (χ4n) is 5.67. The van der Waals surface area contributed by atoms with E-state index < -0.39 is 5.41 Å². The molecule has 1 aliphatic rings. The quantitative estimate of drug-likeness (QED) is 0.0705. The van der Waals surface area contributed by atoms with Gasteiger partial charge in [-0.2, -0.15) is 0 Å². The largest absolute Gasteiger partial charge is 0.493 e. The normalized spacial score (nSPS) is 15.3. The number of ether oxygens (including phenoxy) is 1. The minimum absolute atomic E-state index is 0.0401. The molecule has 2 amide bonds. The van der Waals surface area contributed by atoms with Crippen molar-refractivity contribution in [3.05, 3.63) is 102 Å². The lowest BCUT2D eigenvalue weighted by Gasteiger charge is -2.36. The van der Waals surface area contributed by atoms with Gasteiger partial charge in [0, 0.05) is 57.1 Å². The van der Waals surface area contributed by atoms with E-state index in [4.69, 9.17) is 4.74 Å². The molecule has 1 unspecified atom stereocenters. The molecule has 2 rings (SSSR count). The SMILES string of the molecule is CCC=CCC=CCC=CCC=CCC=CCC=CCCC(=O)NCC(CNC(=O)C(C)(C)CCCOc1cc(C)ccc1C)N1CCNCC1. The molecule has 1 aliphatic heterocycles. The highest BCUT2D eigenvalue weighted by Crippen LogP contribution is 2.24. The van der Waals surface area contributed by atoms with E-state index in [0.717, 1.165) is 88.9 Å². The summed E-state index contributed by atoms with van der Waals surface area (Å²) in [5.41, 5.74) is 1.79. The van der Waals surface area contributed by atoms with Crippen LogP contribution in [0.1, 0.15) is 96.1 Å². The number of nitrogens with zero attached hydrogens (tertiary/aromatic N) is 1. The first-order valence-corrected chi connectivity index (χ1v) is 19.3. The smallest absolute Gasteiger partial charge is 0.225 e. The maximum Gasteiger partial charge on any atom is 0.225 e. The summed E-state index contributed by atoms with van der Waals surface area (Å²) in [4.78, 5) is 28.3. The number of benzene rings is 1. The first-order valence-electron chi connectivity index (χ1n) is 19.3. The van der Waals surface area contributed by atoms with Gasteiger partial charge in [0.15, 0.2) is 0 Å². The van der Waals surface area contributed by atoms with E-state index in [9.17, 15) is 9.59 Å². The summed E-state index contributed by atoms with van der Waals surface area (Å²) < 4.78 is 6.02.